The van der Waals surface area contributed by atoms with Gasteiger partial charge in [-0.2, -0.15) is 0 Å². The van der Waals surface area contributed by atoms with Crippen LogP contribution < -0.4 is 0 Å². The van der Waals surface area contributed by atoms with Gasteiger partial charge in [-0.15, -0.1) is 0 Å². The Morgan fingerprint density at radius 3 is 2.53 bits per heavy atom. The standard InChI is InChI=1S/C14H17N/c1-8-12-9(2)15-6-5-10(13(8)12)11-7-14(11,3)4/h5-6,11H,7H2,1-4H3. The van der Waals surface area contributed by atoms with Crippen LogP contribution in [0, 0.1) is 11.3 Å². The maximum atomic E-state index is 4.44. The summed E-state index contributed by atoms with van der Waals surface area (Å²) in [7, 11) is 0. The molecule has 1 saturated carbocycles. The lowest BCUT2D eigenvalue weighted by molar-refractivity contribution is 0.601. The van der Waals surface area contributed by atoms with Gasteiger partial charge in [-0.3, -0.25) is 4.99 Å². The van der Waals surface area contributed by atoms with Crippen LogP contribution in [0.25, 0.3) is 0 Å². The van der Waals surface area contributed by atoms with Crippen molar-refractivity contribution in [2.24, 2.45) is 16.3 Å². The van der Waals surface area contributed by atoms with E-state index >= 15 is 0 Å². The van der Waals surface area contributed by atoms with Crippen LogP contribution in [0.5, 0.6) is 0 Å². The molecule has 1 heterocycles. The zero-order valence-electron chi connectivity index (χ0n) is 9.89. The van der Waals surface area contributed by atoms with Gasteiger partial charge in [-0.25, -0.2) is 0 Å². The first kappa shape index (κ1) is 9.14. The number of aliphatic imine (C=N–C) groups is 1. The number of allylic oxidation sites excluding steroid dienone is 6. The molecule has 0 aromatic rings. The Kier molecular flexibility index (Phi) is 1.54. The fourth-order valence-electron chi connectivity index (χ4n) is 2.76. The van der Waals surface area contributed by atoms with Crippen LogP contribution in [0.4, 0.5) is 0 Å². The fraction of sp³-hybridized carbons (Fsp3) is 0.500. The van der Waals surface area contributed by atoms with Crippen LogP contribution in [0.2, 0.25) is 0 Å². The number of nitrogens with zero attached hydrogens (tertiary/aromatic N) is 1. The average molecular weight is 199 g/mol. The van der Waals surface area contributed by atoms with Gasteiger partial charge < -0.3 is 0 Å². The highest BCUT2D eigenvalue weighted by molar-refractivity contribution is 5.85. The van der Waals surface area contributed by atoms with Crippen LogP contribution in [0.15, 0.2) is 39.1 Å². The summed E-state index contributed by atoms with van der Waals surface area (Å²) >= 11 is 0. The molecular formula is C14H17N. The summed E-state index contributed by atoms with van der Waals surface area (Å²) in [6.07, 6.45) is 5.52. The van der Waals surface area contributed by atoms with Crippen molar-refractivity contribution in [2.75, 3.05) is 0 Å². The van der Waals surface area contributed by atoms with Crippen LogP contribution in [-0.4, -0.2) is 6.21 Å². The molecule has 0 N–H and O–H groups in total. The number of hydrogen-bond acceptors (Lipinski definition) is 1. The van der Waals surface area contributed by atoms with E-state index in [0.29, 0.717) is 5.41 Å². The van der Waals surface area contributed by atoms with Crippen LogP contribution in [0.1, 0.15) is 34.1 Å². The molecule has 1 atom stereocenters. The molecule has 2 aliphatic carbocycles. The van der Waals surface area contributed by atoms with Gasteiger partial charge in [0.05, 0.1) is 0 Å². The summed E-state index contributed by atoms with van der Waals surface area (Å²) in [5.41, 5.74) is 7.65. The Hall–Kier alpha value is -1.11. The Bertz CT molecular complexity index is 470. The second kappa shape index (κ2) is 2.52. The summed E-state index contributed by atoms with van der Waals surface area (Å²) in [4.78, 5) is 4.44. The molecule has 0 spiro atoms. The van der Waals surface area contributed by atoms with E-state index < -0.39 is 0 Å². The third-order valence-corrected chi connectivity index (χ3v) is 4.00. The minimum absolute atomic E-state index is 0.513. The van der Waals surface area contributed by atoms with Gasteiger partial charge in [0.25, 0.3) is 0 Å². The molecule has 78 valence electrons. The van der Waals surface area contributed by atoms with E-state index in [1.165, 1.54) is 34.4 Å². The molecule has 1 heteroatoms. The molecule has 15 heavy (non-hydrogen) atoms. The first-order valence-corrected chi connectivity index (χ1v) is 5.69. The van der Waals surface area contributed by atoms with Crippen LogP contribution >= 0.6 is 0 Å². The van der Waals surface area contributed by atoms with E-state index in [1.54, 1.807) is 0 Å². The molecule has 0 aromatic carbocycles. The highest BCUT2D eigenvalue weighted by Gasteiger charge is 2.51. The molecule has 0 radical (unpaired) electrons. The first-order valence-electron chi connectivity index (χ1n) is 5.69. The minimum Gasteiger partial charge on any atom is -0.261 e. The van der Waals surface area contributed by atoms with E-state index in [2.05, 4.69) is 38.8 Å². The molecule has 0 amide bonds. The fourth-order valence-corrected chi connectivity index (χ4v) is 2.76. The lowest BCUT2D eigenvalue weighted by Gasteiger charge is -2.04. The maximum absolute atomic E-state index is 4.44. The summed E-state index contributed by atoms with van der Waals surface area (Å²) in [6, 6.07) is 0. The molecule has 1 fully saturated rings. The number of rotatable bonds is 1. The summed E-state index contributed by atoms with van der Waals surface area (Å²) in [5.74, 6) is 0.761. The van der Waals surface area contributed by atoms with Crippen molar-refractivity contribution in [3.8, 4) is 0 Å². The van der Waals surface area contributed by atoms with E-state index in [4.69, 9.17) is 0 Å². The van der Waals surface area contributed by atoms with Crippen molar-refractivity contribution in [1.82, 2.24) is 0 Å². The zero-order valence-corrected chi connectivity index (χ0v) is 9.89. The molecule has 1 nitrogen and oxygen atoms in total. The predicted molar refractivity (Wildman–Crippen MR) is 63.9 cm³/mol. The van der Waals surface area contributed by atoms with Gasteiger partial charge in [-0.1, -0.05) is 13.8 Å². The molecule has 0 aromatic heterocycles. The number of fused-ring (bicyclic) bond motifs is 1. The van der Waals surface area contributed by atoms with Gasteiger partial charge in [0.2, 0.25) is 0 Å². The normalized spacial score (nSPS) is 31.2. The Labute approximate surface area is 91.3 Å². The third-order valence-electron chi connectivity index (χ3n) is 4.00. The molecule has 3 rings (SSSR count). The van der Waals surface area contributed by atoms with Gasteiger partial charge >= 0.3 is 0 Å². The zero-order chi connectivity index (χ0) is 10.8. The van der Waals surface area contributed by atoms with E-state index in [1.807, 2.05) is 6.21 Å². The Morgan fingerprint density at radius 1 is 1.27 bits per heavy atom. The summed E-state index contributed by atoms with van der Waals surface area (Å²) < 4.78 is 0. The Morgan fingerprint density at radius 2 is 1.93 bits per heavy atom. The Balaban J connectivity index is 1.99. The average Bonchev–Trinajstić information content (AvgIpc) is 2.98. The van der Waals surface area contributed by atoms with E-state index in [0.717, 1.165) is 5.92 Å². The topological polar surface area (TPSA) is 12.4 Å². The largest absolute Gasteiger partial charge is 0.261 e. The molecule has 0 saturated heterocycles. The van der Waals surface area contributed by atoms with Gasteiger partial charge in [0.1, 0.15) is 0 Å². The number of hydrogen-bond donors (Lipinski definition) is 0. The van der Waals surface area contributed by atoms with E-state index in [9.17, 15) is 0 Å². The first-order chi connectivity index (χ1) is 7.02. The second-order valence-electron chi connectivity index (χ2n) is 5.61. The second-order valence-corrected chi connectivity index (χ2v) is 5.61. The van der Waals surface area contributed by atoms with Gasteiger partial charge in [-0.05, 0) is 54.4 Å². The molecular weight excluding hydrogens is 182 g/mol. The molecule has 3 aliphatic rings. The van der Waals surface area contributed by atoms with Crippen molar-refractivity contribution in [1.29, 1.82) is 0 Å². The third kappa shape index (κ3) is 1.19. The van der Waals surface area contributed by atoms with Crippen molar-refractivity contribution < 1.29 is 0 Å². The quantitative estimate of drug-likeness (QED) is 0.611. The highest BCUT2D eigenvalue weighted by atomic mass is 14.7. The van der Waals surface area contributed by atoms with Crippen molar-refractivity contribution >= 4 is 6.21 Å². The molecule has 0 bridgehead atoms. The minimum atomic E-state index is 0.513. The lowest BCUT2D eigenvalue weighted by atomic mass is 10.00. The van der Waals surface area contributed by atoms with Crippen molar-refractivity contribution in [3.05, 3.63) is 34.1 Å². The predicted octanol–water partition coefficient (Wildman–Crippen LogP) is 3.65. The smallest absolute Gasteiger partial charge is 0.0454 e. The highest BCUT2D eigenvalue weighted by Crippen LogP contribution is 2.61. The van der Waals surface area contributed by atoms with Gasteiger partial charge in [0.15, 0.2) is 0 Å². The maximum Gasteiger partial charge on any atom is 0.0454 e. The van der Waals surface area contributed by atoms with Gasteiger partial charge in [0, 0.05) is 17.5 Å². The van der Waals surface area contributed by atoms with Crippen LogP contribution in [0.3, 0.4) is 0 Å². The van der Waals surface area contributed by atoms with Crippen molar-refractivity contribution in [2.45, 2.75) is 34.1 Å². The SMILES string of the molecule is CC1=C2C(C)=C2C(C2CC2(C)C)=CC=N1. The monoisotopic (exact) mass is 199 g/mol. The summed E-state index contributed by atoms with van der Waals surface area (Å²) in [5, 5.41) is 0. The molecule has 1 unspecified atom stereocenters. The van der Waals surface area contributed by atoms with E-state index in [-0.39, 0.29) is 0 Å². The lowest BCUT2D eigenvalue weighted by Crippen LogP contribution is -1.94. The van der Waals surface area contributed by atoms with Crippen LogP contribution in [-0.2, 0) is 0 Å². The molecule has 1 aliphatic heterocycles. The van der Waals surface area contributed by atoms with Crippen molar-refractivity contribution in [3.63, 3.8) is 0 Å². The summed E-state index contributed by atoms with van der Waals surface area (Å²) in [6.45, 7) is 9.04.